The van der Waals surface area contributed by atoms with Gasteiger partial charge in [-0.2, -0.15) is 0 Å². The van der Waals surface area contributed by atoms with Gasteiger partial charge in [0.25, 0.3) is 0 Å². The van der Waals surface area contributed by atoms with Crippen molar-refractivity contribution in [1.29, 1.82) is 0 Å². The second kappa shape index (κ2) is 17.1. The quantitative estimate of drug-likeness (QED) is 0.125. The number of benzene rings is 1. The molecule has 1 aromatic heterocycles. The van der Waals surface area contributed by atoms with Crippen molar-refractivity contribution in [3.05, 3.63) is 100 Å². The van der Waals surface area contributed by atoms with Crippen molar-refractivity contribution in [1.82, 2.24) is 4.98 Å². The Kier molecular flexibility index (Phi) is 13.4. The largest absolute Gasteiger partial charge is 0.481 e. The van der Waals surface area contributed by atoms with Gasteiger partial charge in [-0.15, -0.1) is 0 Å². The van der Waals surface area contributed by atoms with E-state index in [4.69, 9.17) is 10.2 Å². The van der Waals surface area contributed by atoms with Crippen LogP contribution >= 0.6 is 0 Å². The topological polar surface area (TPSA) is 125 Å². The van der Waals surface area contributed by atoms with E-state index in [0.717, 1.165) is 57.1 Å². The number of nitrogens with zero attached hydrogens (tertiary/aromatic N) is 1. The number of pyridine rings is 1. The van der Waals surface area contributed by atoms with Crippen LogP contribution < -0.4 is 0 Å². The second-order valence-electron chi connectivity index (χ2n) is 16.2. The summed E-state index contributed by atoms with van der Waals surface area (Å²) in [4.78, 5) is 38.1. The molecule has 3 aliphatic carbocycles. The fraction of sp³-hybridized carbons (Fsp3) is 0.545. The summed E-state index contributed by atoms with van der Waals surface area (Å²) in [7, 11) is 0. The lowest BCUT2D eigenvalue weighted by Crippen LogP contribution is -2.34. The number of carboxylic acid groups (broad SMARTS) is 2. The molecule has 0 radical (unpaired) electrons. The Hall–Kier alpha value is -3.84. The standard InChI is InChI=1S/C24H29NO2.C20H30O4/c1-15-12-18-19(23(4,5)9-8-22(18,2)3)13-17(15)24(10-11-24)20-7-6-16(14-25-20)21(26)27;1-2-3-6-10-17(21)13-14-18-16(12-15-19(18)22)9-7-4-5-8-11-20(23)24/h6-7,12-14H,8-11H2,1-5H3,(H,26,27);4,7,12-18,21H,2-3,5-6,8-11H2,1H3,(H,23,24)/b;7-4-,14-13+/t;16-,17-,18+/m.0/s1. The Morgan fingerprint density at radius 1 is 0.941 bits per heavy atom. The monoisotopic (exact) mass is 697 g/mol. The highest BCUT2D eigenvalue weighted by Crippen LogP contribution is 2.56. The average Bonchev–Trinajstić information content (AvgIpc) is 3.81. The predicted octanol–water partition coefficient (Wildman–Crippen LogP) is 9.57. The highest BCUT2D eigenvalue weighted by molar-refractivity contribution is 5.95. The zero-order chi connectivity index (χ0) is 37.4. The van der Waals surface area contributed by atoms with Crippen LogP contribution in [0.4, 0.5) is 0 Å². The molecule has 3 aliphatic rings. The first-order chi connectivity index (χ1) is 24.1. The van der Waals surface area contributed by atoms with E-state index in [0.29, 0.717) is 6.42 Å². The normalized spacial score (nSPS) is 21.7. The fourth-order valence-corrected chi connectivity index (χ4v) is 7.64. The van der Waals surface area contributed by atoms with Crippen molar-refractivity contribution in [3.8, 4) is 0 Å². The smallest absolute Gasteiger partial charge is 0.337 e. The summed E-state index contributed by atoms with van der Waals surface area (Å²) in [6.45, 7) is 13.8. The molecule has 5 rings (SSSR count). The molecule has 0 aliphatic heterocycles. The average molecular weight is 698 g/mol. The zero-order valence-corrected chi connectivity index (χ0v) is 31.6. The van der Waals surface area contributed by atoms with Crippen LogP contribution in [0.2, 0.25) is 0 Å². The van der Waals surface area contributed by atoms with Crippen molar-refractivity contribution in [3.63, 3.8) is 0 Å². The first kappa shape index (κ1) is 39.9. The summed E-state index contributed by atoms with van der Waals surface area (Å²) in [5.41, 5.74) is 7.29. The third-order valence-electron chi connectivity index (χ3n) is 11.2. The van der Waals surface area contributed by atoms with Crippen molar-refractivity contribution in [2.45, 2.75) is 141 Å². The number of carbonyl (C=O) groups is 3. The van der Waals surface area contributed by atoms with Gasteiger partial charge in [-0.05, 0) is 116 Å². The summed E-state index contributed by atoms with van der Waals surface area (Å²) < 4.78 is 0. The maximum Gasteiger partial charge on any atom is 0.337 e. The van der Waals surface area contributed by atoms with Gasteiger partial charge in [0.2, 0.25) is 0 Å². The van der Waals surface area contributed by atoms with Crippen LogP contribution in [-0.2, 0) is 25.8 Å². The SMILES string of the molecule is CCCCC[C@H](O)/C=C/[C@H]1C(=O)C=C[C@@H]1C/C=C\CCCC(=O)O.Cc1cc2c(cc1C1(c3ccc(C(=O)O)cn3)CC1)C(C)(C)CCC2(C)C. The minimum Gasteiger partial charge on any atom is -0.481 e. The number of aliphatic hydroxyl groups excluding tert-OH is 1. The lowest BCUT2D eigenvalue weighted by atomic mass is 9.62. The molecule has 0 amide bonds. The second-order valence-corrected chi connectivity index (χ2v) is 16.2. The number of aryl methyl sites for hydroxylation is 1. The summed E-state index contributed by atoms with van der Waals surface area (Å²) in [6.07, 6.45) is 23.1. The lowest BCUT2D eigenvalue weighted by molar-refractivity contribution is -0.137. The van der Waals surface area contributed by atoms with Crippen LogP contribution in [0.5, 0.6) is 0 Å². The molecule has 3 N–H and O–H groups in total. The number of hydrogen-bond donors (Lipinski definition) is 3. The lowest BCUT2D eigenvalue weighted by Gasteiger charge is -2.43. The van der Waals surface area contributed by atoms with Gasteiger partial charge in [0, 0.05) is 24.0 Å². The molecule has 1 saturated carbocycles. The molecule has 1 fully saturated rings. The highest BCUT2D eigenvalue weighted by Gasteiger charge is 2.49. The van der Waals surface area contributed by atoms with Gasteiger partial charge < -0.3 is 15.3 Å². The Balaban J connectivity index is 0.000000231. The van der Waals surface area contributed by atoms with Gasteiger partial charge in [-0.25, -0.2) is 4.79 Å². The fourth-order valence-electron chi connectivity index (χ4n) is 7.64. The van der Waals surface area contributed by atoms with Crippen molar-refractivity contribution in [2.24, 2.45) is 11.8 Å². The van der Waals surface area contributed by atoms with E-state index >= 15 is 0 Å². The van der Waals surface area contributed by atoms with E-state index in [1.54, 1.807) is 18.2 Å². The molecule has 51 heavy (non-hydrogen) atoms. The van der Waals surface area contributed by atoms with Gasteiger partial charge in [0.1, 0.15) is 0 Å². The molecule has 276 valence electrons. The van der Waals surface area contributed by atoms with E-state index in [-0.39, 0.29) is 45.8 Å². The van der Waals surface area contributed by atoms with Gasteiger partial charge >= 0.3 is 11.9 Å². The van der Waals surface area contributed by atoms with Crippen LogP contribution in [0.1, 0.15) is 150 Å². The molecule has 1 aromatic carbocycles. The van der Waals surface area contributed by atoms with Crippen LogP contribution in [-0.4, -0.2) is 44.1 Å². The summed E-state index contributed by atoms with van der Waals surface area (Å²) in [6, 6.07) is 8.46. The number of aliphatic carboxylic acids is 1. The van der Waals surface area contributed by atoms with E-state index in [9.17, 15) is 19.5 Å². The van der Waals surface area contributed by atoms with E-state index in [1.807, 2.05) is 30.4 Å². The molecule has 3 atom stereocenters. The number of hydrogen-bond acceptors (Lipinski definition) is 5. The van der Waals surface area contributed by atoms with Gasteiger partial charge in [0.15, 0.2) is 5.78 Å². The van der Waals surface area contributed by atoms with Crippen LogP contribution in [0.3, 0.4) is 0 Å². The molecule has 2 aromatic rings. The van der Waals surface area contributed by atoms with Crippen LogP contribution in [0.15, 0.2) is 66.9 Å². The van der Waals surface area contributed by atoms with Gasteiger partial charge in [-0.3, -0.25) is 14.6 Å². The maximum absolute atomic E-state index is 12.0. The minimum absolute atomic E-state index is 0.0478. The third-order valence-corrected chi connectivity index (χ3v) is 11.2. The molecular weight excluding hydrogens is 638 g/mol. The molecule has 7 nitrogen and oxygen atoms in total. The summed E-state index contributed by atoms with van der Waals surface area (Å²) >= 11 is 0. The summed E-state index contributed by atoms with van der Waals surface area (Å²) in [5.74, 6) is -1.65. The van der Waals surface area contributed by atoms with E-state index in [1.165, 1.54) is 41.3 Å². The Morgan fingerprint density at radius 2 is 1.63 bits per heavy atom. The predicted molar refractivity (Wildman–Crippen MR) is 203 cm³/mol. The zero-order valence-electron chi connectivity index (χ0n) is 31.6. The van der Waals surface area contributed by atoms with Crippen LogP contribution in [0.25, 0.3) is 0 Å². The summed E-state index contributed by atoms with van der Waals surface area (Å²) in [5, 5.41) is 27.7. The van der Waals surface area contributed by atoms with Gasteiger partial charge in [0.05, 0.1) is 17.4 Å². The maximum atomic E-state index is 12.0. The molecular formula is C44H59NO6. The molecule has 0 bridgehead atoms. The Labute approximate surface area is 305 Å². The number of ketones is 1. The number of rotatable bonds is 15. The van der Waals surface area contributed by atoms with E-state index < -0.39 is 18.0 Å². The number of carbonyl (C=O) groups excluding carboxylic acids is 1. The number of fused-ring (bicyclic) bond motifs is 1. The minimum atomic E-state index is -0.923. The number of aliphatic hydroxyl groups is 1. The first-order valence-electron chi connectivity index (χ1n) is 18.9. The molecule has 0 saturated heterocycles. The van der Waals surface area contributed by atoms with Crippen LogP contribution in [0, 0.1) is 18.8 Å². The van der Waals surface area contributed by atoms with Crippen molar-refractivity contribution in [2.75, 3.05) is 0 Å². The highest BCUT2D eigenvalue weighted by atomic mass is 16.4. The first-order valence-corrected chi connectivity index (χ1v) is 18.9. The van der Waals surface area contributed by atoms with Crippen molar-refractivity contribution >= 4 is 17.7 Å². The number of allylic oxidation sites excluding steroid dienone is 5. The molecule has 1 heterocycles. The molecule has 7 heteroatoms. The molecule has 0 spiro atoms. The third kappa shape index (κ3) is 10.2. The number of carboxylic acids is 2. The Bertz CT molecular complexity index is 1630. The molecule has 0 unspecified atom stereocenters. The Morgan fingerprint density at radius 3 is 2.22 bits per heavy atom. The van der Waals surface area contributed by atoms with Gasteiger partial charge in [-0.1, -0.05) is 96.4 Å². The number of unbranched alkanes of at least 4 members (excludes halogenated alkanes) is 3. The number of aromatic carboxylic acids is 1. The number of aromatic nitrogens is 1. The van der Waals surface area contributed by atoms with E-state index in [2.05, 4.69) is 58.7 Å². The van der Waals surface area contributed by atoms with Crippen molar-refractivity contribution < 1.29 is 29.7 Å².